The lowest BCUT2D eigenvalue weighted by atomic mass is 10.0. The quantitative estimate of drug-likeness (QED) is 0.917. The second-order valence-electron chi connectivity index (χ2n) is 5.50. The van der Waals surface area contributed by atoms with E-state index in [1.165, 1.54) is 0 Å². The molecule has 0 aromatic heterocycles. The van der Waals surface area contributed by atoms with E-state index in [4.69, 9.17) is 9.47 Å². The van der Waals surface area contributed by atoms with Gasteiger partial charge in [-0.25, -0.2) is 4.79 Å². The maximum Gasteiger partial charge on any atom is 0.408 e. The molecular weight excluding hydrogens is 278 g/mol. The fraction of sp³-hybridized carbons (Fsp3) is 0.278. The Bertz CT molecular complexity index is 650. The monoisotopic (exact) mass is 297 g/mol. The number of ether oxygens (including phenoxy) is 2. The van der Waals surface area contributed by atoms with Crippen LogP contribution in [0.3, 0.4) is 0 Å². The predicted molar refractivity (Wildman–Crippen MR) is 83.7 cm³/mol. The summed E-state index contributed by atoms with van der Waals surface area (Å²) in [6.45, 7) is 0.279. The van der Waals surface area contributed by atoms with Gasteiger partial charge >= 0.3 is 6.09 Å². The summed E-state index contributed by atoms with van der Waals surface area (Å²) < 4.78 is 10.5. The molecule has 0 heterocycles. The Morgan fingerprint density at radius 1 is 1.14 bits per heavy atom. The van der Waals surface area contributed by atoms with Crippen molar-refractivity contribution >= 4 is 6.09 Å². The van der Waals surface area contributed by atoms with Crippen molar-refractivity contribution in [3.63, 3.8) is 0 Å². The van der Waals surface area contributed by atoms with Crippen molar-refractivity contribution in [2.24, 2.45) is 0 Å². The van der Waals surface area contributed by atoms with Crippen molar-refractivity contribution in [1.82, 2.24) is 5.32 Å². The van der Waals surface area contributed by atoms with Crippen molar-refractivity contribution < 1.29 is 14.3 Å². The van der Waals surface area contributed by atoms with E-state index in [0.29, 0.717) is 0 Å². The van der Waals surface area contributed by atoms with Crippen molar-refractivity contribution in [1.29, 1.82) is 0 Å². The lowest BCUT2D eigenvalue weighted by molar-refractivity contribution is 0.134. The number of methoxy groups -OCH3 is 1. The average molecular weight is 297 g/mol. The van der Waals surface area contributed by atoms with Crippen LogP contribution in [0, 0.1) is 0 Å². The molecule has 0 saturated heterocycles. The first-order chi connectivity index (χ1) is 10.7. The van der Waals surface area contributed by atoms with Gasteiger partial charge in [0.2, 0.25) is 0 Å². The molecule has 0 spiro atoms. The van der Waals surface area contributed by atoms with Crippen LogP contribution in [0.5, 0.6) is 5.75 Å². The summed E-state index contributed by atoms with van der Waals surface area (Å²) in [5.74, 6) is 0.795. The number of carbonyl (C=O) groups is 1. The molecule has 4 nitrogen and oxygen atoms in total. The number of benzene rings is 2. The van der Waals surface area contributed by atoms with E-state index in [-0.39, 0.29) is 18.2 Å². The van der Waals surface area contributed by atoms with Crippen molar-refractivity contribution in [2.75, 3.05) is 7.11 Å². The summed E-state index contributed by atoms with van der Waals surface area (Å²) in [5, 5.41) is 2.99. The standard InChI is InChI=1S/C18H19NO3/c1-21-16-9-5-8-15(12-16)18(10-11-18)19-17(20)22-13-14-6-3-2-4-7-14/h2-9,12H,10-11,13H2,1H3,(H,19,20). The van der Waals surface area contributed by atoms with E-state index >= 15 is 0 Å². The van der Waals surface area contributed by atoms with Crippen LogP contribution in [0.15, 0.2) is 54.6 Å². The third-order valence-electron chi connectivity index (χ3n) is 3.93. The fourth-order valence-corrected chi connectivity index (χ4v) is 2.49. The normalized spacial score (nSPS) is 15.0. The molecule has 0 unspecified atom stereocenters. The zero-order chi connectivity index (χ0) is 15.4. The number of nitrogens with one attached hydrogen (secondary N) is 1. The smallest absolute Gasteiger partial charge is 0.408 e. The summed E-state index contributed by atoms with van der Waals surface area (Å²) in [4.78, 5) is 12.0. The Morgan fingerprint density at radius 2 is 1.91 bits per heavy atom. The molecule has 1 fully saturated rings. The Kier molecular flexibility index (Phi) is 4.00. The fourth-order valence-electron chi connectivity index (χ4n) is 2.49. The highest BCUT2D eigenvalue weighted by atomic mass is 16.5. The third kappa shape index (κ3) is 3.22. The zero-order valence-electron chi connectivity index (χ0n) is 12.5. The number of carbonyl (C=O) groups excluding carboxylic acids is 1. The largest absolute Gasteiger partial charge is 0.497 e. The highest BCUT2D eigenvalue weighted by Crippen LogP contribution is 2.46. The van der Waals surface area contributed by atoms with E-state index in [1.54, 1.807) is 7.11 Å². The molecule has 1 aliphatic rings. The van der Waals surface area contributed by atoms with Crippen LogP contribution in [-0.4, -0.2) is 13.2 Å². The van der Waals surface area contributed by atoms with Crippen LogP contribution >= 0.6 is 0 Å². The highest BCUT2D eigenvalue weighted by molar-refractivity contribution is 5.69. The maximum absolute atomic E-state index is 12.0. The van der Waals surface area contributed by atoms with Gasteiger partial charge in [0.1, 0.15) is 12.4 Å². The highest BCUT2D eigenvalue weighted by Gasteiger charge is 2.46. The average Bonchev–Trinajstić information content (AvgIpc) is 3.35. The van der Waals surface area contributed by atoms with Gasteiger partial charge in [-0.3, -0.25) is 0 Å². The van der Waals surface area contributed by atoms with Gasteiger partial charge in [0.05, 0.1) is 12.6 Å². The number of hydrogen-bond donors (Lipinski definition) is 1. The Balaban J connectivity index is 1.61. The van der Waals surface area contributed by atoms with Gasteiger partial charge in [-0.15, -0.1) is 0 Å². The van der Waals surface area contributed by atoms with Gasteiger partial charge in [-0.2, -0.15) is 0 Å². The Labute approximate surface area is 130 Å². The summed E-state index contributed by atoms with van der Waals surface area (Å²) in [6, 6.07) is 17.5. The molecule has 1 aliphatic carbocycles. The minimum Gasteiger partial charge on any atom is -0.497 e. The first kappa shape index (κ1) is 14.4. The molecular formula is C18H19NO3. The van der Waals surface area contributed by atoms with Crippen LogP contribution in [-0.2, 0) is 16.9 Å². The zero-order valence-corrected chi connectivity index (χ0v) is 12.5. The van der Waals surface area contributed by atoms with Crippen LogP contribution in [0.4, 0.5) is 4.79 Å². The van der Waals surface area contributed by atoms with E-state index in [0.717, 1.165) is 29.7 Å². The SMILES string of the molecule is COc1cccc(C2(NC(=O)OCc3ccccc3)CC2)c1. The summed E-state index contributed by atoms with van der Waals surface area (Å²) >= 11 is 0. The van der Waals surface area contributed by atoms with Gasteiger partial charge in [0.25, 0.3) is 0 Å². The second kappa shape index (κ2) is 6.10. The van der Waals surface area contributed by atoms with E-state index in [1.807, 2.05) is 54.6 Å². The first-order valence-electron chi connectivity index (χ1n) is 7.35. The van der Waals surface area contributed by atoms with Crippen LogP contribution in [0.2, 0.25) is 0 Å². The number of rotatable bonds is 5. The number of amides is 1. The maximum atomic E-state index is 12.0. The van der Waals surface area contributed by atoms with Crippen LogP contribution in [0.1, 0.15) is 24.0 Å². The minimum absolute atomic E-state index is 0.279. The molecule has 2 aromatic rings. The van der Waals surface area contributed by atoms with E-state index in [9.17, 15) is 4.79 Å². The van der Waals surface area contributed by atoms with Gasteiger partial charge in [-0.1, -0.05) is 42.5 Å². The second-order valence-corrected chi connectivity index (χ2v) is 5.50. The third-order valence-corrected chi connectivity index (χ3v) is 3.93. The molecule has 22 heavy (non-hydrogen) atoms. The summed E-state index contributed by atoms with van der Waals surface area (Å²) in [7, 11) is 1.64. The molecule has 114 valence electrons. The molecule has 4 heteroatoms. The molecule has 1 amide bonds. The van der Waals surface area contributed by atoms with Crippen LogP contribution in [0.25, 0.3) is 0 Å². The molecule has 0 radical (unpaired) electrons. The summed E-state index contributed by atoms with van der Waals surface area (Å²) in [5.41, 5.74) is 1.73. The van der Waals surface area contributed by atoms with Crippen molar-refractivity contribution in [3.05, 3.63) is 65.7 Å². The molecule has 0 bridgehead atoms. The van der Waals surface area contributed by atoms with E-state index < -0.39 is 0 Å². The van der Waals surface area contributed by atoms with Gasteiger partial charge < -0.3 is 14.8 Å². The molecule has 3 rings (SSSR count). The van der Waals surface area contributed by atoms with Gasteiger partial charge in [0, 0.05) is 0 Å². The lowest BCUT2D eigenvalue weighted by Crippen LogP contribution is -2.35. The van der Waals surface area contributed by atoms with Crippen LogP contribution < -0.4 is 10.1 Å². The van der Waals surface area contributed by atoms with Gasteiger partial charge in [-0.05, 0) is 36.1 Å². The summed E-state index contributed by atoms with van der Waals surface area (Å²) in [6.07, 6.45) is 1.45. The number of hydrogen-bond acceptors (Lipinski definition) is 3. The van der Waals surface area contributed by atoms with Crippen molar-refractivity contribution in [3.8, 4) is 5.75 Å². The van der Waals surface area contributed by atoms with Crippen molar-refractivity contribution in [2.45, 2.75) is 25.0 Å². The molecule has 0 atom stereocenters. The molecule has 0 aliphatic heterocycles. The topological polar surface area (TPSA) is 47.6 Å². The molecule has 1 saturated carbocycles. The van der Waals surface area contributed by atoms with Gasteiger partial charge in [0.15, 0.2) is 0 Å². The lowest BCUT2D eigenvalue weighted by Gasteiger charge is -2.18. The number of alkyl carbamates (subject to hydrolysis) is 1. The minimum atomic E-state index is -0.385. The molecule has 2 aromatic carbocycles. The Morgan fingerprint density at radius 3 is 2.59 bits per heavy atom. The molecule has 1 N–H and O–H groups in total. The van der Waals surface area contributed by atoms with E-state index in [2.05, 4.69) is 5.32 Å². The first-order valence-corrected chi connectivity index (χ1v) is 7.35. The Hall–Kier alpha value is -2.49. The predicted octanol–water partition coefficient (Wildman–Crippen LogP) is 3.61.